The summed E-state index contributed by atoms with van der Waals surface area (Å²) in [6.45, 7) is 7.72. The lowest BCUT2D eigenvalue weighted by molar-refractivity contribution is 0.186. The van der Waals surface area contributed by atoms with Crippen molar-refractivity contribution in [1.29, 1.82) is 0 Å². The number of para-hydroxylation sites is 1. The van der Waals surface area contributed by atoms with Crippen LogP contribution in [0.4, 0.5) is 0 Å². The predicted octanol–water partition coefficient (Wildman–Crippen LogP) is 4.11. The molecule has 1 heterocycles. The van der Waals surface area contributed by atoms with Crippen molar-refractivity contribution in [2.75, 3.05) is 19.6 Å². The molecule has 3 N–H and O–H groups in total. The Morgan fingerprint density at radius 3 is 2.48 bits per heavy atom. The molecule has 0 bridgehead atoms. The first-order chi connectivity index (χ1) is 15.5. The largest absolute Gasteiger partial charge is 0.491 e. The van der Waals surface area contributed by atoms with Crippen LogP contribution in [0.15, 0.2) is 72.0 Å². The zero-order chi connectivity index (χ0) is 22.8. The molecule has 1 unspecified atom stereocenters. The lowest BCUT2D eigenvalue weighted by Gasteiger charge is -2.14. The Morgan fingerprint density at radius 1 is 1.09 bits per heavy atom. The molecule has 0 radical (unpaired) electrons. The summed E-state index contributed by atoms with van der Waals surface area (Å²) < 4.78 is 7.53. The third-order valence-corrected chi connectivity index (χ3v) is 4.77. The molecule has 0 amide bonds. The summed E-state index contributed by atoms with van der Waals surface area (Å²) in [7, 11) is 0. The van der Waals surface area contributed by atoms with Crippen LogP contribution in [0, 0.1) is 0 Å². The zero-order valence-corrected chi connectivity index (χ0v) is 21.8. The van der Waals surface area contributed by atoms with E-state index in [0.29, 0.717) is 12.5 Å². The van der Waals surface area contributed by atoms with Gasteiger partial charge in [0, 0.05) is 19.3 Å². The number of hydrogen-bond donors (Lipinski definition) is 3. The second-order valence-corrected chi connectivity index (χ2v) is 7.78. The fourth-order valence-corrected chi connectivity index (χ4v) is 3.20. The number of nitrogens with one attached hydrogen (secondary N) is 2. The normalized spacial score (nSPS) is 12.2. The molecule has 0 aliphatic heterocycles. The minimum Gasteiger partial charge on any atom is -0.491 e. The first-order valence-electron chi connectivity index (χ1n) is 11.1. The summed E-state index contributed by atoms with van der Waals surface area (Å²) in [4.78, 5) is 4.54. The fraction of sp³-hybridized carbons (Fsp3) is 0.360. The SMILES string of the molecule is CCNC(=NCC(O)c1ccc(OC(C)C)cc1)NCCc1cnn(-c2ccccc2)c1.I. The number of aliphatic hydroxyl groups excluding tert-OH is 1. The van der Waals surface area contributed by atoms with E-state index in [-0.39, 0.29) is 36.6 Å². The van der Waals surface area contributed by atoms with Crippen LogP contribution < -0.4 is 15.4 Å². The summed E-state index contributed by atoms with van der Waals surface area (Å²) in [5.74, 6) is 1.48. The van der Waals surface area contributed by atoms with Gasteiger partial charge in [-0.1, -0.05) is 30.3 Å². The van der Waals surface area contributed by atoms with Gasteiger partial charge in [0.25, 0.3) is 0 Å². The van der Waals surface area contributed by atoms with Gasteiger partial charge in [-0.3, -0.25) is 4.99 Å². The van der Waals surface area contributed by atoms with Crippen LogP contribution in [0.2, 0.25) is 0 Å². The van der Waals surface area contributed by atoms with Crippen molar-refractivity contribution in [2.24, 2.45) is 4.99 Å². The van der Waals surface area contributed by atoms with E-state index in [1.807, 2.05) is 92.4 Å². The molecule has 178 valence electrons. The topological polar surface area (TPSA) is 83.7 Å². The van der Waals surface area contributed by atoms with Gasteiger partial charge < -0.3 is 20.5 Å². The summed E-state index contributed by atoms with van der Waals surface area (Å²) in [5, 5.41) is 21.5. The molecule has 2 aromatic carbocycles. The molecule has 0 aliphatic rings. The van der Waals surface area contributed by atoms with Crippen molar-refractivity contribution < 1.29 is 9.84 Å². The minimum atomic E-state index is -0.678. The number of benzene rings is 2. The summed E-state index contributed by atoms with van der Waals surface area (Å²) in [5.41, 5.74) is 2.99. The standard InChI is InChI=1S/C25H33N5O2.HI/c1-4-26-25(28-17-24(31)21-10-12-23(13-11-21)32-19(2)3)27-15-14-20-16-29-30(18-20)22-8-6-5-7-9-22;/h5-13,16,18-19,24,31H,4,14-15,17H2,1-3H3,(H2,26,27,28);1H. The van der Waals surface area contributed by atoms with Crippen molar-refractivity contribution in [3.63, 3.8) is 0 Å². The maximum atomic E-state index is 10.5. The van der Waals surface area contributed by atoms with Crippen LogP contribution >= 0.6 is 24.0 Å². The quantitative estimate of drug-likeness (QED) is 0.197. The van der Waals surface area contributed by atoms with E-state index in [2.05, 4.69) is 20.7 Å². The van der Waals surface area contributed by atoms with E-state index in [1.165, 1.54) is 0 Å². The third-order valence-electron chi connectivity index (χ3n) is 4.77. The number of rotatable bonds is 10. The fourth-order valence-electron chi connectivity index (χ4n) is 3.20. The molecular formula is C25H34IN5O2. The van der Waals surface area contributed by atoms with Gasteiger partial charge in [-0.2, -0.15) is 5.10 Å². The zero-order valence-electron chi connectivity index (χ0n) is 19.4. The van der Waals surface area contributed by atoms with Gasteiger partial charge in [-0.25, -0.2) is 4.68 Å². The minimum absolute atomic E-state index is 0. The first kappa shape index (κ1) is 26.7. The smallest absolute Gasteiger partial charge is 0.191 e. The molecule has 3 rings (SSSR count). The number of aromatic nitrogens is 2. The third kappa shape index (κ3) is 8.70. The van der Waals surface area contributed by atoms with Crippen molar-refractivity contribution in [3.05, 3.63) is 78.1 Å². The molecule has 3 aromatic rings. The van der Waals surface area contributed by atoms with E-state index in [1.54, 1.807) is 0 Å². The van der Waals surface area contributed by atoms with Crippen LogP contribution in [0.5, 0.6) is 5.75 Å². The number of aliphatic imine (C=N–C) groups is 1. The van der Waals surface area contributed by atoms with E-state index < -0.39 is 6.10 Å². The Balaban J connectivity index is 0.00000385. The number of halogens is 1. The molecule has 7 nitrogen and oxygen atoms in total. The van der Waals surface area contributed by atoms with Crippen molar-refractivity contribution in [1.82, 2.24) is 20.4 Å². The molecule has 33 heavy (non-hydrogen) atoms. The molecule has 1 aromatic heterocycles. The average molecular weight is 563 g/mol. The van der Waals surface area contributed by atoms with Gasteiger partial charge in [0.05, 0.1) is 30.6 Å². The van der Waals surface area contributed by atoms with Gasteiger partial charge in [-0.15, -0.1) is 24.0 Å². The monoisotopic (exact) mass is 563 g/mol. The van der Waals surface area contributed by atoms with Crippen molar-refractivity contribution in [3.8, 4) is 11.4 Å². The molecule has 0 saturated heterocycles. The van der Waals surface area contributed by atoms with E-state index in [4.69, 9.17) is 4.74 Å². The summed E-state index contributed by atoms with van der Waals surface area (Å²) in [6.07, 6.45) is 4.18. The molecular weight excluding hydrogens is 529 g/mol. The molecule has 0 saturated carbocycles. The number of aliphatic hydroxyl groups is 1. The van der Waals surface area contributed by atoms with Gasteiger partial charge in [0.1, 0.15) is 5.75 Å². The van der Waals surface area contributed by atoms with Crippen LogP contribution in [0.25, 0.3) is 5.69 Å². The highest BCUT2D eigenvalue weighted by Gasteiger charge is 2.09. The van der Waals surface area contributed by atoms with E-state index >= 15 is 0 Å². The van der Waals surface area contributed by atoms with Crippen LogP contribution in [-0.4, -0.2) is 46.6 Å². The lowest BCUT2D eigenvalue weighted by Crippen LogP contribution is -2.38. The highest BCUT2D eigenvalue weighted by Crippen LogP contribution is 2.19. The van der Waals surface area contributed by atoms with Crippen LogP contribution in [0.3, 0.4) is 0 Å². The molecule has 0 aliphatic carbocycles. The second-order valence-electron chi connectivity index (χ2n) is 7.78. The Kier molecular flexibility index (Phi) is 11.2. The summed E-state index contributed by atoms with van der Waals surface area (Å²) >= 11 is 0. The predicted molar refractivity (Wildman–Crippen MR) is 144 cm³/mol. The molecule has 0 spiro atoms. The Hall–Kier alpha value is -2.59. The number of hydrogen-bond acceptors (Lipinski definition) is 4. The van der Waals surface area contributed by atoms with Gasteiger partial charge in [0.2, 0.25) is 0 Å². The number of nitrogens with zero attached hydrogens (tertiary/aromatic N) is 3. The van der Waals surface area contributed by atoms with Crippen LogP contribution in [-0.2, 0) is 6.42 Å². The maximum absolute atomic E-state index is 10.5. The van der Waals surface area contributed by atoms with E-state index in [9.17, 15) is 5.11 Å². The van der Waals surface area contributed by atoms with Gasteiger partial charge in [0.15, 0.2) is 5.96 Å². The van der Waals surface area contributed by atoms with Crippen LogP contribution in [0.1, 0.15) is 38.0 Å². The number of ether oxygens (including phenoxy) is 1. The lowest BCUT2D eigenvalue weighted by atomic mass is 10.1. The first-order valence-corrected chi connectivity index (χ1v) is 11.1. The maximum Gasteiger partial charge on any atom is 0.191 e. The van der Waals surface area contributed by atoms with Gasteiger partial charge in [-0.05, 0) is 62.6 Å². The highest BCUT2D eigenvalue weighted by molar-refractivity contribution is 14.0. The molecule has 0 fully saturated rings. The van der Waals surface area contributed by atoms with E-state index in [0.717, 1.165) is 35.5 Å². The molecule has 8 heteroatoms. The second kappa shape index (κ2) is 13.8. The Labute approximate surface area is 213 Å². The Bertz CT molecular complexity index is 974. The van der Waals surface area contributed by atoms with Crippen molar-refractivity contribution in [2.45, 2.75) is 39.4 Å². The average Bonchev–Trinajstić information content (AvgIpc) is 3.27. The van der Waals surface area contributed by atoms with Gasteiger partial charge >= 0.3 is 0 Å². The Morgan fingerprint density at radius 2 is 1.82 bits per heavy atom. The van der Waals surface area contributed by atoms with Crippen molar-refractivity contribution >= 4 is 29.9 Å². The number of guanidine groups is 1. The highest BCUT2D eigenvalue weighted by atomic mass is 127. The summed E-state index contributed by atoms with van der Waals surface area (Å²) in [6, 6.07) is 17.6. The molecule has 1 atom stereocenters.